The van der Waals surface area contributed by atoms with E-state index in [9.17, 15) is 18.0 Å². The quantitative estimate of drug-likeness (QED) is 0.665. The van der Waals surface area contributed by atoms with Crippen molar-refractivity contribution in [2.45, 2.75) is 24.7 Å². The van der Waals surface area contributed by atoms with Gasteiger partial charge in [0.2, 0.25) is 0 Å². The molecule has 0 spiro atoms. The van der Waals surface area contributed by atoms with Crippen LogP contribution in [0.4, 0.5) is 24.7 Å². The van der Waals surface area contributed by atoms with Crippen LogP contribution in [0.1, 0.15) is 34.4 Å². The third-order valence-electron chi connectivity index (χ3n) is 4.92. The minimum Gasteiger partial charge on any atom is -0.496 e. The normalized spacial score (nSPS) is 18.3. The highest BCUT2D eigenvalue weighted by Gasteiger charge is 2.47. The van der Waals surface area contributed by atoms with E-state index < -0.39 is 24.2 Å². The van der Waals surface area contributed by atoms with Crippen molar-refractivity contribution in [3.05, 3.63) is 66.1 Å². The number of benzene rings is 1. The number of hydrogen-bond acceptors (Lipinski definition) is 5. The second-order valence-corrected chi connectivity index (χ2v) is 6.78. The van der Waals surface area contributed by atoms with Crippen LogP contribution in [0, 0.1) is 0 Å². The van der Waals surface area contributed by atoms with Gasteiger partial charge in [0.15, 0.2) is 6.04 Å². The van der Waals surface area contributed by atoms with Gasteiger partial charge in [0.05, 0.1) is 31.2 Å². The Hall–Kier alpha value is -3.56. The van der Waals surface area contributed by atoms with Crippen molar-refractivity contribution < 1.29 is 22.7 Å². The van der Waals surface area contributed by atoms with Crippen molar-refractivity contribution in [3.63, 3.8) is 0 Å². The lowest BCUT2D eigenvalue weighted by Crippen LogP contribution is -2.36. The number of methoxy groups -OCH3 is 1. The smallest absolute Gasteiger partial charge is 0.410 e. The number of carbonyl (C=O) groups excluding carboxylic acids is 1. The minimum atomic E-state index is -4.54. The first kappa shape index (κ1) is 19.7. The number of fused-ring (bicyclic) bond motifs is 1. The first-order chi connectivity index (χ1) is 14.4. The van der Waals surface area contributed by atoms with Gasteiger partial charge in [-0.05, 0) is 18.2 Å². The van der Waals surface area contributed by atoms with E-state index in [0.29, 0.717) is 17.0 Å². The minimum absolute atomic E-state index is 0.000807. The SMILES string of the molecule is COc1ccccc1[C@H]1C[C@H](C(F)(F)F)n2ncc(C(=O)Nc3cccnc3)c2N1. The molecule has 0 bridgehead atoms. The van der Waals surface area contributed by atoms with Gasteiger partial charge in [-0.25, -0.2) is 4.68 Å². The number of nitrogens with zero attached hydrogens (tertiary/aromatic N) is 3. The second-order valence-electron chi connectivity index (χ2n) is 6.78. The van der Waals surface area contributed by atoms with Crippen molar-refractivity contribution in [2.75, 3.05) is 17.7 Å². The lowest BCUT2D eigenvalue weighted by atomic mass is 9.95. The lowest BCUT2D eigenvalue weighted by Gasteiger charge is -2.34. The standard InChI is InChI=1S/C20H18F3N5O2/c1-30-16-7-3-2-6-13(16)15-9-17(20(21,22)23)28-18(27-15)14(11-25-28)19(29)26-12-5-4-8-24-10-12/h2-8,10-11,15,17,27H,9H2,1H3,(H,26,29)/t15-,17-/m1/s1. The van der Waals surface area contributed by atoms with E-state index in [0.717, 1.165) is 10.9 Å². The molecule has 0 saturated heterocycles. The maximum atomic E-state index is 13.8. The van der Waals surface area contributed by atoms with Crippen molar-refractivity contribution in [1.29, 1.82) is 0 Å². The summed E-state index contributed by atoms with van der Waals surface area (Å²) >= 11 is 0. The van der Waals surface area contributed by atoms with Gasteiger partial charge < -0.3 is 15.4 Å². The van der Waals surface area contributed by atoms with Gasteiger partial charge in [0.1, 0.15) is 17.1 Å². The van der Waals surface area contributed by atoms with Crippen molar-refractivity contribution in [3.8, 4) is 5.75 Å². The molecule has 2 N–H and O–H groups in total. The van der Waals surface area contributed by atoms with Crippen LogP contribution < -0.4 is 15.4 Å². The molecule has 30 heavy (non-hydrogen) atoms. The highest BCUT2D eigenvalue weighted by Crippen LogP contribution is 2.45. The first-order valence-electron chi connectivity index (χ1n) is 9.13. The fraction of sp³-hybridized carbons (Fsp3) is 0.250. The van der Waals surface area contributed by atoms with E-state index in [1.165, 1.54) is 13.3 Å². The maximum absolute atomic E-state index is 13.8. The van der Waals surface area contributed by atoms with Crippen LogP contribution in [0.3, 0.4) is 0 Å². The number of amides is 1. The van der Waals surface area contributed by atoms with Crippen molar-refractivity contribution >= 4 is 17.4 Å². The van der Waals surface area contributed by atoms with Gasteiger partial charge in [-0.2, -0.15) is 18.3 Å². The number of anilines is 2. The number of alkyl halides is 3. The zero-order chi connectivity index (χ0) is 21.3. The van der Waals surface area contributed by atoms with Crippen LogP contribution in [0.15, 0.2) is 55.0 Å². The second kappa shape index (κ2) is 7.69. The Labute approximate surface area is 169 Å². The number of para-hydroxylation sites is 1. The number of aromatic nitrogens is 3. The molecule has 1 aliphatic rings. The first-order valence-corrected chi connectivity index (χ1v) is 9.13. The summed E-state index contributed by atoms with van der Waals surface area (Å²) in [6, 6.07) is 7.51. The fourth-order valence-corrected chi connectivity index (χ4v) is 3.52. The van der Waals surface area contributed by atoms with Gasteiger partial charge in [-0.15, -0.1) is 0 Å². The topological polar surface area (TPSA) is 81.1 Å². The summed E-state index contributed by atoms with van der Waals surface area (Å²) in [5.74, 6) is -0.121. The van der Waals surface area contributed by atoms with Gasteiger partial charge in [0.25, 0.3) is 5.91 Å². The summed E-state index contributed by atoms with van der Waals surface area (Å²) in [6.07, 6.45) is -0.706. The van der Waals surface area contributed by atoms with Gasteiger partial charge >= 0.3 is 6.18 Å². The Morgan fingerprint density at radius 1 is 1.23 bits per heavy atom. The van der Waals surface area contributed by atoms with E-state index in [1.54, 1.807) is 42.6 Å². The van der Waals surface area contributed by atoms with Gasteiger partial charge in [-0.1, -0.05) is 18.2 Å². The monoisotopic (exact) mass is 417 g/mol. The molecule has 0 saturated carbocycles. The van der Waals surface area contributed by atoms with E-state index in [1.807, 2.05) is 0 Å². The number of rotatable bonds is 4. The Bertz CT molecular complexity index is 1050. The number of halogens is 3. The molecule has 3 aromatic rings. The summed E-state index contributed by atoms with van der Waals surface area (Å²) in [5, 5.41) is 9.54. The summed E-state index contributed by atoms with van der Waals surface area (Å²) in [5.41, 5.74) is 1.000. The third-order valence-corrected chi connectivity index (χ3v) is 4.92. The molecule has 0 aliphatic carbocycles. The molecule has 2 aromatic heterocycles. The molecule has 1 aliphatic heterocycles. The molecule has 10 heteroatoms. The molecule has 4 rings (SSSR count). The van der Waals surface area contributed by atoms with Crippen LogP contribution in [0.5, 0.6) is 5.75 Å². The fourth-order valence-electron chi connectivity index (χ4n) is 3.52. The van der Waals surface area contributed by atoms with E-state index >= 15 is 0 Å². The summed E-state index contributed by atoms with van der Waals surface area (Å²) in [4.78, 5) is 16.6. The van der Waals surface area contributed by atoms with Crippen LogP contribution in [-0.4, -0.2) is 34.0 Å². The van der Waals surface area contributed by atoms with Crippen LogP contribution >= 0.6 is 0 Å². The summed E-state index contributed by atoms with van der Waals surface area (Å²) < 4.78 is 47.6. The predicted molar refractivity (Wildman–Crippen MR) is 103 cm³/mol. The molecular formula is C20H18F3N5O2. The third kappa shape index (κ3) is 3.68. The number of nitrogens with one attached hydrogen (secondary N) is 2. The Kier molecular flexibility index (Phi) is 5.06. The molecule has 0 fully saturated rings. The zero-order valence-corrected chi connectivity index (χ0v) is 15.8. The highest BCUT2D eigenvalue weighted by molar-refractivity contribution is 6.07. The Morgan fingerprint density at radius 2 is 2.03 bits per heavy atom. The van der Waals surface area contributed by atoms with Gasteiger partial charge in [0, 0.05) is 18.2 Å². The van der Waals surface area contributed by atoms with Crippen LogP contribution in [0.2, 0.25) is 0 Å². The lowest BCUT2D eigenvalue weighted by molar-refractivity contribution is -0.173. The Morgan fingerprint density at radius 3 is 2.73 bits per heavy atom. The molecule has 7 nitrogen and oxygen atoms in total. The predicted octanol–water partition coefficient (Wildman–Crippen LogP) is 4.20. The number of hydrogen-bond donors (Lipinski definition) is 2. The van der Waals surface area contributed by atoms with Crippen LogP contribution in [-0.2, 0) is 0 Å². The van der Waals surface area contributed by atoms with Gasteiger partial charge in [-0.3, -0.25) is 9.78 Å². The molecule has 0 unspecified atom stereocenters. The molecule has 1 amide bonds. The summed E-state index contributed by atoms with van der Waals surface area (Å²) in [7, 11) is 1.46. The molecule has 0 radical (unpaired) electrons. The number of carbonyl (C=O) groups is 1. The molecule has 156 valence electrons. The number of pyridine rings is 1. The van der Waals surface area contributed by atoms with E-state index in [4.69, 9.17) is 4.74 Å². The Balaban J connectivity index is 1.72. The molecule has 3 heterocycles. The average molecular weight is 417 g/mol. The average Bonchev–Trinajstić information content (AvgIpc) is 3.17. The largest absolute Gasteiger partial charge is 0.496 e. The maximum Gasteiger partial charge on any atom is 0.410 e. The van der Waals surface area contributed by atoms with E-state index in [2.05, 4.69) is 20.7 Å². The number of ether oxygens (including phenoxy) is 1. The van der Waals surface area contributed by atoms with E-state index in [-0.39, 0.29) is 17.8 Å². The zero-order valence-electron chi connectivity index (χ0n) is 15.8. The summed E-state index contributed by atoms with van der Waals surface area (Å²) in [6.45, 7) is 0. The molecule has 2 atom stereocenters. The molecule has 1 aromatic carbocycles. The molecular weight excluding hydrogens is 399 g/mol. The highest BCUT2D eigenvalue weighted by atomic mass is 19.4. The van der Waals surface area contributed by atoms with Crippen LogP contribution in [0.25, 0.3) is 0 Å². The van der Waals surface area contributed by atoms with Crippen molar-refractivity contribution in [1.82, 2.24) is 14.8 Å². The van der Waals surface area contributed by atoms with Crippen molar-refractivity contribution in [2.24, 2.45) is 0 Å².